The molecule has 0 aromatic heterocycles. The summed E-state index contributed by atoms with van der Waals surface area (Å²) in [5.74, 6) is 0.152. The quantitative estimate of drug-likeness (QED) is 0.635. The van der Waals surface area contributed by atoms with Crippen LogP contribution in [0.15, 0.2) is 42.5 Å². The first kappa shape index (κ1) is 20.5. The number of anilines is 1. The maximum absolute atomic E-state index is 12.1. The molecule has 0 bridgehead atoms. The molecule has 0 unspecified atom stereocenters. The van der Waals surface area contributed by atoms with Gasteiger partial charge in [-0.2, -0.15) is 0 Å². The molecule has 0 radical (unpaired) electrons. The standard InChI is InChI=1S/C21H24N2O6/c1-21(26,12-14-3-6-16(27-2)7-4-14)13-22-19(24)20(25)23-15-5-8-17-18(11-15)29-10-9-28-17/h3-8,11,26H,9-10,12-13H2,1-2H3,(H,22,24)(H,23,25)/t21-/m1/s1. The smallest absolute Gasteiger partial charge is 0.313 e. The number of nitrogens with one attached hydrogen (secondary N) is 2. The van der Waals surface area contributed by atoms with E-state index in [9.17, 15) is 14.7 Å². The first-order valence-electron chi connectivity index (χ1n) is 9.20. The highest BCUT2D eigenvalue weighted by Crippen LogP contribution is 2.32. The topological polar surface area (TPSA) is 106 Å². The summed E-state index contributed by atoms with van der Waals surface area (Å²) in [6.07, 6.45) is 0.307. The van der Waals surface area contributed by atoms with Gasteiger partial charge in [0.15, 0.2) is 11.5 Å². The van der Waals surface area contributed by atoms with Crippen LogP contribution in [0.5, 0.6) is 17.2 Å². The number of fused-ring (bicyclic) bond motifs is 1. The fourth-order valence-corrected chi connectivity index (χ4v) is 2.91. The molecule has 0 spiro atoms. The van der Waals surface area contributed by atoms with Crippen molar-refractivity contribution in [3.63, 3.8) is 0 Å². The zero-order valence-electron chi connectivity index (χ0n) is 16.4. The summed E-state index contributed by atoms with van der Waals surface area (Å²) < 4.78 is 16.0. The lowest BCUT2D eigenvalue weighted by Gasteiger charge is -2.24. The summed E-state index contributed by atoms with van der Waals surface area (Å²) in [6.45, 7) is 2.41. The van der Waals surface area contributed by atoms with E-state index < -0.39 is 17.4 Å². The predicted molar refractivity (Wildman–Crippen MR) is 106 cm³/mol. The molecule has 29 heavy (non-hydrogen) atoms. The average Bonchev–Trinajstić information content (AvgIpc) is 2.72. The van der Waals surface area contributed by atoms with Crippen molar-refractivity contribution in [2.24, 2.45) is 0 Å². The normalized spacial score (nSPS) is 14.4. The molecule has 1 heterocycles. The number of rotatable bonds is 6. The lowest BCUT2D eigenvalue weighted by Crippen LogP contribution is -2.45. The van der Waals surface area contributed by atoms with Gasteiger partial charge in [-0.15, -0.1) is 0 Å². The molecule has 2 aromatic rings. The van der Waals surface area contributed by atoms with Gasteiger partial charge in [0.25, 0.3) is 0 Å². The van der Waals surface area contributed by atoms with E-state index in [1.165, 1.54) is 0 Å². The molecule has 8 nitrogen and oxygen atoms in total. The van der Waals surface area contributed by atoms with Crippen molar-refractivity contribution in [3.05, 3.63) is 48.0 Å². The third kappa shape index (κ3) is 5.61. The maximum Gasteiger partial charge on any atom is 0.313 e. The van der Waals surface area contributed by atoms with Gasteiger partial charge < -0.3 is 30.0 Å². The molecule has 1 aliphatic heterocycles. The van der Waals surface area contributed by atoms with Crippen LogP contribution in [0.3, 0.4) is 0 Å². The minimum atomic E-state index is -1.22. The van der Waals surface area contributed by atoms with Gasteiger partial charge in [-0.25, -0.2) is 0 Å². The number of methoxy groups -OCH3 is 1. The van der Waals surface area contributed by atoms with E-state index >= 15 is 0 Å². The largest absolute Gasteiger partial charge is 0.497 e. The van der Waals surface area contributed by atoms with E-state index in [1.54, 1.807) is 44.4 Å². The van der Waals surface area contributed by atoms with E-state index in [0.29, 0.717) is 36.8 Å². The number of carbonyl (C=O) groups excluding carboxylic acids is 2. The fraction of sp³-hybridized carbons (Fsp3) is 0.333. The highest BCUT2D eigenvalue weighted by Gasteiger charge is 2.24. The molecular weight excluding hydrogens is 376 g/mol. The minimum Gasteiger partial charge on any atom is -0.497 e. The van der Waals surface area contributed by atoms with Crippen LogP contribution in [-0.2, 0) is 16.0 Å². The number of amides is 2. The molecule has 1 atom stereocenters. The zero-order chi connectivity index (χ0) is 20.9. The van der Waals surface area contributed by atoms with Crippen molar-refractivity contribution in [1.82, 2.24) is 5.32 Å². The number of benzene rings is 2. The Kier molecular flexibility index (Phi) is 6.23. The van der Waals surface area contributed by atoms with E-state index in [2.05, 4.69) is 10.6 Å². The van der Waals surface area contributed by atoms with Crippen LogP contribution < -0.4 is 24.8 Å². The van der Waals surface area contributed by atoms with E-state index in [0.717, 1.165) is 11.3 Å². The Morgan fingerprint density at radius 1 is 1.07 bits per heavy atom. The van der Waals surface area contributed by atoms with Gasteiger partial charge in [0.2, 0.25) is 0 Å². The summed E-state index contributed by atoms with van der Waals surface area (Å²) in [5, 5.41) is 15.5. The van der Waals surface area contributed by atoms with Crippen molar-refractivity contribution in [3.8, 4) is 17.2 Å². The lowest BCUT2D eigenvalue weighted by molar-refractivity contribution is -0.136. The molecular formula is C21H24N2O6. The summed E-state index contributed by atoms with van der Waals surface area (Å²) in [5.41, 5.74) is 0.0757. The number of hydrogen-bond donors (Lipinski definition) is 3. The highest BCUT2D eigenvalue weighted by atomic mass is 16.6. The van der Waals surface area contributed by atoms with Crippen LogP contribution in [0.25, 0.3) is 0 Å². The molecule has 0 fully saturated rings. The van der Waals surface area contributed by atoms with Crippen LogP contribution in [0.4, 0.5) is 5.69 Å². The Bertz CT molecular complexity index is 879. The van der Waals surface area contributed by atoms with Crippen molar-refractivity contribution < 1.29 is 28.9 Å². The Labute approximate surface area is 168 Å². The summed E-state index contributed by atoms with van der Waals surface area (Å²) in [7, 11) is 1.58. The molecule has 8 heteroatoms. The highest BCUT2D eigenvalue weighted by molar-refractivity contribution is 6.39. The van der Waals surface area contributed by atoms with Crippen molar-refractivity contribution in [2.45, 2.75) is 18.9 Å². The van der Waals surface area contributed by atoms with Crippen LogP contribution in [-0.4, -0.2) is 49.4 Å². The van der Waals surface area contributed by atoms with Gasteiger partial charge in [0.05, 0.1) is 12.7 Å². The Morgan fingerprint density at radius 3 is 2.45 bits per heavy atom. The van der Waals surface area contributed by atoms with Gasteiger partial charge in [-0.3, -0.25) is 9.59 Å². The zero-order valence-corrected chi connectivity index (χ0v) is 16.4. The maximum atomic E-state index is 12.1. The van der Waals surface area contributed by atoms with Crippen molar-refractivity contribution >= 4 is 17.5 Å². The second-order valence-electron chi connectivity index (χ2n) is 7.02. The third-order valence-corrected chi connectivity index (χ3v) is 4.38. The summed E-state index contributed by atoms with van der Waals surface area (Å²) in [4.78, 5) is 24.2. The molecule has 154 valence electrons. The summed E-state index contributed by atoms with van der Waals surface area (Å²) in [6, 6.07) is 12.2. The van der Waals surface area contributed by atoms with E-state index in [1.807, 2.05) is 12.1 Å². The van der Waals surface area contributed by atoms with Crippen LogP contribution >= 0.6 is 0 Å². The number of aliphatic hydroxyl groups is 1. The van der Waals surface area contributed by atoms with Gasteiger partial charge in [-0.05, 0) is 36.8 Å². The van der Waals surface area contributed by atoms with Crippen LogP contribution in [0.2, 0.25) is 0 Å². The minimum absolute atomic E-state index is 0.0770. The Hall–Kier alpha value is -3.26. The number of carbonyl (C=O) groups is 2. The lowest BCUT2D eigenvalue weighted by atomic mass is 9.96. The van der Waals surface area contributed by atoms with E-state index in [4.69, 9.17) is 14.2 Å². The summed E-state index contributed by atoms with van der Waals surface area (Å²) >= 11 is 0. The second kappa shape index (κ2) is 8.83. The first-order valence-corrected chi connectivity index (χ1v) is 9.20. The molecule has 3 N–H and O–H groups in total. The van der Waals surface area contributed by atoms with Crippen LogP contribution in [0, 0.1) is 0 Å². The third-order valence-electron chi connectivity index (χ3n) is 4.38. The monoisotopic (exact) mass is 400 g/mol. The van der Waals surface area contributed by atoms with Gasteiger partial charge in [-0.1, -0.05) is 12.1 Å². The molecule has 0 aliphatic carbocycles. The predicted octanol–water partition coefficient (Wildman–Crippen LogP) is 1.51. The molecule has 1 aliphatic rings. The molecule has 3 rings (SSSR count). The number of ether oxygens (including phenoxy) is 3. The Morgan fingerprint density at radius 2 is 1.76 bits per heavy atom. The SMILES string of the molecule is COc1ccc(C[C@@](C)(O)CNC(=O)C(=O)Nc2ccc3c(c2)OCCO3)cc1. The second-order valence-corrected chi connectivity index (χ2v) is 7.02. The Balaban J connectivity index is 1.51. The molecule has 0 saturated carbocycles. The molecule has 2 amide bonds. The van der Waals surface area contributed by atoms with Gasteiger partial charge in [0, 0.05) is 24.7 Å². The fourth-order valence-electron chi connectivity index (χ4n) is 2.91. The van der Waals surface area contributed by atoms with Crippen molar-refractivity contribution in [2.75, 3.05) is 32.2 Å². The first-order chi connectivity index (χ1) is 13.9. The van der Waals surface area contributed by atoms with Crippen LogP contribution in [0.1, 0.15) is 12.5 Å². The van der Waals surface area contributed by atoms with Crippen molar-refractivity contribution in [1.29, 1.82) is 0 Å². The number of hydrogen-bond acceptors (Lipinski definition) is 6. The molecule has 2 aromatic carbocycles. The average molecular weight is 400 g/mol. The van der Waals surface area contributed by atoms with E-state index in [-0.39, 0.29) is 6.54 Å². The van der Waals surface area contributed by atoms with Gasteiger partial charge >= 0.3 is 11.8 Å². The molecule has 0 saturated heterocycles. The van der Waals surface area contributed by atoms with Gasteiger partial charge in [0.1, 0.15) is 19.0 Å².